The first-order valence-corrected chi connectivity index (χ1v) is 7.18. The molecule has 1 aromatic heterocycles. The molecule has 2 aliphatic rings. The minimum atomic E-state index is -0.459. The maximum Gasteiger partial charge on any atom is 0.253 e. The average molecular weight is 292 g/mol. The van der Waals surface area contributed by atoms with Crippen molar-refractivity contribution in [2.45, 2.75) is 18.9 Å². The Hall–Kier alpha value is -2.09. The number of hydrogen-bond donors (Lipinski definition) is 2. The lowest BCUT2D eigenvalue weighted by atomic mass is 10.2. The molecule has 8 nitrogen and oxygen atoms in total. The van der Waals surface area contributed by atoms with Crippen LogP contribution in [0.1, 0.15) is 12.8 Å². The van der Waals surface area contributed by atoms with Gasteiger partial charge in [-0.3, -0.25) is 4.79 Å². The van der Waals surface area contributed by atoms with Crippen LogP contribution in [0.3, 0.4) is 0 Å². The highest BCUT2D eigenvalue weighted by molar-refractivity contribution is 5.82. The summed E-state index contributed by atoms with van der Waals surface area (Å²) in [5.74, 6) is 0.804. The molecule has 2 saturated heterocycles. The fraction of sp³-hybridized carbons (Fsp3) is 0.615. The number of carbonyl (C=O) groups is 1. The maximum atomic E-state index is 12.4. The highest BCUT2D eigenvalue weighted by Crippen LogP contribution is 2.19. The molecule has 0 aromatic carbocycles. The Morgan fingerprint density at radius 2 is 2.05 bits per heavy atom. The van der Waals surface area contributed by atoms with Crippen LogP contribution in [0.25, 0.3) is 0 Å². The summed E-state index contributed by atoms with van der Waals surface area (Å²) in [6.45, 7) is 3.19. The zero-order valence-electron chi connectivity index (χ0n) is 11.9. The first kappa shape index (κ1) is 13.9. The second-order valence-electron chi connectivity index (χ2n) is 5.35. The molecule has 3 rings (SSSR count). The number of rotatable bonds is 2. The Morgan fingerprint density at radius 1 is 1.29 bits per heavy atom. The number of amides is 1. The SMILES string of the molecule is Nc1cnc(N2CCO[C@@H](C(=O)N3CCCC3)C2)nc1N. The van der Waals surface area contributed by atoms with E-state index in [4.69, 9.17) is 16.2 Å². The molecule has 1 aromatic rings. The number of morpholine rings is 1. The van der Waals surface area contributed by atoms with E-state index in [1.807, 2.05) is 9.80 Å². The van der Waals surface area contributed by atoms with E-state index < -0.39 is 6.10 Å². The molecule has 0 radical (unpaired) electrons. The molecule has 0 spiro atoms. The minimum Gasteiger partial charge on any atom is -0.394 e. The van der Waals surface area contributed by atoms with Crippen LogP contribution >= 0.6 is 0 Å². The van der Waals surface area contributed by atoms with E-state index in [-0.39, 0.29) is 11.7 Å². The number of ether oxygens (including phenoxy) is 1. The molecule has 0 aliphatic carbocycles. The average Bonchev–Trinajstić information content (AvgIpc) is 3.04. The number of nitrogens with two attached hydrogens (primary N) is 2. The third-order valence-corrected chi connectivity index (χ3v) is 3.88. The van der Waals surface area contributed by atoms with Crippen LogP contribution in [0.2, 0.25) is 0 Å². The van der Waals surface area contributed by atoms with Crippen LogP contribution in [0.4, 0.5) is 17.5 Å². The standard InChI is InChI=1S/C13H20N6O2/c14-9-7-16-13(17-11(9)15)19-5-6-21-10(8-19)12(20)18-3-1-2-4-18/h7,10H,1-6,8,14H2,(H2,15,16,17)/t10-/m1/s1. The fourth-order valence-corrected chi connectivity index (χ4v) is 2.67. The normalized spacial score (nSPS) is 22.6. The lowest BCUT2D eigenvalue weighted by Crippen LogP contribution is -2.51. The summed E-state index contributed by atoms with van der Waals surface area (Å²) in [5, 5.41) is 0. The van der Waals surface area contributed by atoms with Gasteiger partial charge in [0.05, 0.1) is 25.0 Å². The Bertz CT molecular complexity index is 531. The molecule has 4 N–H and O–H groups in total. The highest BCUT2D eigenvalue weighted by Gasteiger charge is 2.32. The number of nitrogen functional groups attached to an aromatic ring is 2. The number of anilines is 3. The maximum absolute atomic E-state index is 12.4. The molecule has 2 aliphatic heterocycles. The van der Waals surface area contributed by atoms with E-state index in [1.54, 1.807) is 0 Å². The van der Waals surface area contributed by atoms with Gasteiger partial charge in [0.15, 0.2) is 11.9 Å². The van der Waals surface area contributed by atoms with Crippen molar-refractivity contribution >= 4 is 23.4 Å². The Labute approximate surface area is 123 Å². The van der Waals surface area contributed by atoms with Crippen molar-refractivity contribution in [1.82, 2.24) is 14.9 Å². The first-order chi connectivity index (χ1) is 10.1. The predicted molar refractivity (Wildman–Crippen MR) is 78.6 cm³/mol. The number of carbonyl (C=O) groups excluding carboxylic acids is 1. The quantitative estimate of drug-likeness (QED) is 0.753. The van der Waals surface area contributed by atoms with E-state index >= 15 is 0 Å². The number of nitrogens with zero attached hydrogens (tertiary/aromatic N) is 4. The largest absolute Gasteiger partial charge is 0.394 e. The number of hydrogen-bond acceptors (Lipinski definition) is 7. The van der Waals surface area contributed by atoms with E-state index in [0.717, 1.165) is 25.9 Å². The molecule has 1 atom stereocenters. The van der Waals surface area contributed by atoms with E-state index in [0.29, 0.717) is 31.3 Å². The molecule has 3 heterocycles. The summed E-state index contributed by atoms with van der Waals surface area (Å²) < 4.78 is 5.61. The van der Waals surface area contributed by atoms with E-state index in [1.165, 1.54) is 6.20 Å². The van der Waals surface area contributed by atoms with Crippen LogP contribution in [0.5, 0.6) is 0 Å². The van der Waals surface area contributed by atoms with Gasteiger partial charge in [0.1, 0.15) is 0 Å². The van der Waals surface area contributed by atoms with Crippen LogP contribution in [-0.4, -0.2) is 59.7 Å². The van der Waals surface area contributed by atoms with Crippen molar-refractivity contribution in [3.63, 3.8) is 0 Å². The minimum absolute atomic E-state index is 0.0561. The molecular weight excluding hydrogens is 272 g/mol. The monoisotopic (exact) mass is 292 g/mol. The Kier molecular flexibility index (Phi) is 3.78. The van der Waals surface area contributed by atoms with Gasteiger partial charge in [-0.2, -0.15) is 4.98 Å². The lowest BCUT2D eigenvalue weighted by Gasteiger charge is -2.34. The van der Waals surface area contributed by atoms with Crippen LogP contribution in [0, 0.1) is 0 Å². The van der Waals surface area contributed by atoms with Crippen LogP contribution < -0.4 is 16.4 Å². The summed E-state index contributed by atoms with van der Waals surface area (Å²) in [7, 11) is 0. The molecule has 2 fully saturated rings. The van der Waals surface area contributed by atoms with Crippen molar-refractivity contribution in [3.05, 3.63) is 6.20 Å². The number of likely N-dealkylation sites (tertiary alicyclic amines) is 1. The molecular formula is C13H20N6O2. The van der Waals surface area contributed by atoms with E-state index in [2.05, 4.69) is 9.97 Å². The Morgan fingerprint density at radius 3 is 2.76 bits per heavy atom. The predicted octanol–water partition coefficient (Wildman–Crippen LogP) is -0.531. The lowest BCUT2D eigenvalue weighted by molar-refractivity contribution is -0.143. The van der Waals surface area contributed by atoms with Gasteiger partial charge in [0, 0.05) is 19.6 Å². The van der Waals surface area contributed by atoms with Crippen molar-refractivity contribution in [2.75, 3.05) is 49.2 Å². The molecule has 1 amide bonds. The zero-order chi connectivity index (χ0) is 14.8. The molecule has 21 heavy (non-hydrogen) atoms. The second kappa shape index (κ2) is 5.72. The highest BCUT2D eigenvalue weighted by atomic mass is 16.5. The molecule has 0 bridgehead atoms. The summed E-state index contributed by atoms with van der Waals surface area (Å²) in [4.78, 5) is 24.5. The van der Waals surface area contributed by atoms with Gasteiger partial charge in [-0.05, 0) is 12.8 Å². The molecule has 8 heteroatoms. The van der Waals surface area contributed by atoms with Gasteiger partial charge in [-0.1, -0.05) is 0 Å². The summed E-state index contributed by atoms with van der Waals surface area (Å²) in [6.07, 6.45) is 3.17. The molecule has 114 valence electrons. The summed E-state index contributed by atoms with van der Waals surface area (Å²) in [6, 6.07) is 0. The van der Waals surface area contributed by atoms with Gasteiger partial charge < -0.3 is 26.0 Å². The molecule has 0 saturated carbocycles. The third kappa shape index (κ3) is 2.85. The van der Waals surface area contributed by atoms with Crippen molar-refractivity contribution < 1.29 is 9.53 Å². The van der Waals surface area contributed by atoms with Crippen molar-refractivity contribution in [1.29, 1.82) is 0 Å². The van der Waals surface area contributed by atoms with Gasteiger partial charge in [-0.15, -0.1) is 0 Å². The fourth-order valence-electron chi connectivity index (χ4n) is 2.67. The van der Waals surface area contributed by atoms with Gasteiger partial charge >= 0.3 is 0 Å². The summed E-state index contributed by atoms with van der Waals surface area (Å²) in [5.41, 5.74) is 11.7. The number of aromatic nitrogens is 2. The first-order valence-electron chi connectivity index (χ1n) is 7.18. The van der Waals surface area contributed by atoms with Crippen molar-refractivity contribution in [3.8, 4) is 0 Å². The Balaban J connectivity index is 1.70. The second-order valence-corrected chi connectivity index (χ2v) is 5.35. The van der Waals surface area contributed by atoms with Gasteiger partial charge in [-0.25, -0.2) is 4.98 Å². The topological polar surface area (TPSA) is 111 Å². The van der Waals surface area contributed by atoms with Gasteiger partial charge in [0.2, 0.25) is 5.95 Å². The zero-order valence-corrected chi connectivity index (χ0v) is 11.9. The van der Waals surface area contributed by atoms with Crippen LogP contribution in [-0.2, 0) is 9.53 Å². The molecule has 0 unspecified atom stereocenters. The van der Waals surface area contributed by atoms with Crippen molar-refractivity contribution in [2.24, 2.45) is 0 Å². The summed E-state index contributed by atoms with van der Waals surface area (Å²) >= 11 is 0. The smallest absolute Gasteiger partial charge is 0.253 e. The van der Waals surface area contributed by atoms with Gasteiger partial charge in [0.25, 0.3) is 5.91 Å². The third-order valence-electron chi connectivity index (χ3n) is 3.88. The van der Waals surface area contributed by atoms with Crippen LogP contribution in [0.15, 0.2) is 6.20 Å². The van der Waals surface area contributed by atoms with E-state index in [9.17, 15) is 4.79 Å².